The zero-order valence-electron chi connectivity index (χ0n) is 11.7. The van der Waals surface area contributed by atoms with E-state index >= 15 is 0 Å². The molecule has 0 aliphatic carbocycles. The van der Waals surface area contributed by atoms with E-state index in [0.717, 1.165) is 19.1 Å². The van der Waals surface area contributed by atoms with E-state index in [1.165, 1.54) is 25.7 Å². The van der Waals surface area contributed by atoms with Gasteiger partial charge in [-0.3, -0.25) is 0 Å². The van der Waals surface area contributed by atoms with Crippen molar-refractivity contribution in [3.05, 3.63) is 0 Å². The summed E-state index contributed by atoms with van der Waals surface area (Å²) >= 11 is 0. The van der Waals surface area contributed by atoms with E-state index in [2.05, 4.69) is 6.92 Å². The van der Waals surface area contributed by atoms with Gasteiger partial charge in [0.15, 0.2) is 0 Å². The van der Waals surface area contributed by atoms with Crippen LogP contribution in [-0.4, -0.2) is 32.3 Å². The van der Waals surface area contributed by atoms with Crippen LogP contribution in [0.2, 0.25) is 0 Å². The Morgan fingerprint density at radius 2 is 1.33 bits per heavy atom. The van der Waals surface area contributed by atoms with Crippen molar-refractivity contribution < 1.29 is 4.79 Å². The van der Waals surface area contributed by atoms with Crippen LogP contribution in [0.1, 0.15) is 59.3 Å². The SMILES string of the molecule is CC.CCCCCCCC=O.CN(C)C. The Morgan fingerprint density at radius 3 is 1.67 bits per heavy atom. The van der Waals surface area contributed by atoms with Crippen molar-refractivity contribution in [2.24, 2.45) is 0 Å². The molecule has 0 saturated heterocycles. The average Bonchev–Trinajstić information content (AvgIpc) is 2.20. The van der Waals surface area contributed by atoms with E-state index < -0.39 is 0 Å². The summed E-state index contributed by atoms with van der Waals surface area (Å²) in [5.74, 6) is 0. The fraction of sp³-hybridized carbons (Fsp3) is 0.923. The Labute approximate surface area is 97.1 Å². The van der Waals surface area contributed by atoms with Gasteiger partial charge in [0, 0.05) is 6.42 Å². The minimum atomic E-state index is 0.754. The van der Waals surface area contributed by atoms with Crippen LogP contribution in [0.15, 0.2) is 0 Å². The predicted octanol–water partition coefficient (Wildman–Crippen LogP) is 3.75. The molecule has 2 heteroatoms. The molecule has 0 saturated carbocycles. The highest BCUT2D eigenvalue weighted by Gasteiger charge is 1.85. The van der Waals surface area contributed by atoms with E-state index in [-0.39, 0.29) is 0 Å². The van der Waals surface area contributed by atoms with Crippen LogP contribution in [0.4, 0.5) is 0 Å². The molecule has 0 rings (SSSR count). The second kappa shape index (κ2) is 23.4. The number of carbonyl (C=O) groups is 1. The largest absolute Gasteiger partial charge is 0.312 e. The maximum atomic E-state index is 9.84. The molecule has 0 fully saturated rings. The Morgan fingerprint density at radius 1 is 0.933 bits per heavy atom. The topological polar surface area (TPSA) is 20.3 Å². The van der Waals surface area contributed by atoms with Crippen LogP contribution >= 0.6 is 0 Å². The van der Waals surface area contributed by atoms with Gasteiger partial charge in [-0.05, 0) is 27.6 Å². The summed E-state index contributed by atoms with van der Waals surface area (Å²) in [4.78, 5) is 11.8. The van der Waals surface area contributed by atoms with Crippen molar-refractivity contribution in [3.63, 3.8) is 0 Å². The van der Waals surface area contributed by atoms with Gasteiger partial charge in [-0.2, -0.15) is 0 Å². The molecule has 0 bridgehead atoms. The molecule has 0 aromatic heterocycles. The number of rotatable bonds is 6. The lowest BCUT2D eigenvalue weighted by Gasteiger charge is -1.93. The number of nitrogens with zero attached hydrogens (tertiary/aromatic N) is 1. The van der Waals surface area contributed by atoms with Gasteiger partial charge in [0.05, 0.1) is 0 Å². The van der Waals surface area contributed by atoms with Crippen LogP contribution in [0.25, 0.3) is 0 Å². The lowest BCUT2D eigenvalue weighted by atomic mass is 10.1. The molecule has 0 aromatic rings. The summed E-state index contributed by atoms with van der Waals surface area (Å²) in [6.07, 6.45) is 7.97. The van der Waals surface area contributed by atoms with Crippen LogP contribution in [0.3, 0.4) is 0 Å². The van der Waals surface area contributed by atoms with Gasteiger partial charge < -0.3 is 9.69 Å². The third-order valence-electron chi connectivity index (χ3n) is 1.43. The molecule has 15 heavy (non-hydrogen) atoms. The molecule has 0 aliphatic heterocycles. The predicted molar refractivity (Wildman–Crippen MR) is 70.4 cm³/mol. The monoisotopic (exact) mass is 217 g/mol. The van der Waals surface area contributed by atoms with Crippen LogP contribution in [0, 0.1) is 0 Å². The standard InChI is InChI=1S/C8H16O.C3H9N.C2H6/c1-2-3-4-5-6-7-8-9;1-4(2)3;1-2/h8H,2-7H2,1H3;1-3H3;1-2H3. The van der Waals surface area contributed by atoms with Crippen molar-refractivity contribution in [1.29, 1.82) is 0 Å². The summed E-state index contributed by atoms with van der Waals surface area (Å²) < 4.78 is 0. The van der Waals surface area contributed by atoms with Crippen LogP contribution < -0.4 is 0 Å². The fourth-order valence-electron chi connectivity index (χ4n) is 0.831. The molecule has 0 amide bonds. The Balaban J connectivity index is -0.000000202. The smallest absolute Gasteiger partial charge is 0.119 e. The summed E-state index contributed by atoms with van der Waals surface area (Å²) in [6.45, 7) is 6.19. The first kappa shape index (κ1) is 20.1. The molecule has 94 valence electrons. The second-order valence-electron chi connectivity index (χ2n) is 3.71. The lowest BCUT2D eigenvalue weighted by molar-refractivity contribution is -0.107. The molecule has 0 aliphatic rings. The minimum Gasteiger partial charge on any atom is -0.312 e. The molecule has 0 aromatic carbocycles. The third kappa shape index (κ3) is 58.2. The number of hydrogen-bond donors (Lipinski definition) is 0. The molecule has 0 radical (unpaired) electrons. The maximum Gasteiger partial charge on any atom is 0.119 e. The summed E-state index contributed by atoms with van der Waals surface area (Å²) in [7, 11) is 6.00. The van der Waals surface area contributed by atoms with Crippen LogP contribution in [-0.2, 0) is 4.79 Å². The number of hydrogen-bond acceptors (Lipinski definition) is 2. The maximum absolute atomic E-state index is 9.84. The Hall–Kier alpha value is -0.370. The van der Waals surface area contributed by atoms with E-state index in [1.807, 2.05) is 39.9 Å². The van der Waals surface area contributed by atoms with Crippen molar-refractivity contribution in [2.75, 3.05) is 21.1 Å². The highest BCUT2D eigenvalue weighted by atomic mass is 16.1. The highest BCUT2D eigenvalue weighted by molar-refractivity contribution is 5.48. The zero-order valence-corrected chi connectivity index (χ0v) is 11.7. The Kier molecular flexibility index (Phi) is 31.4. The van der Waals surface area contributed by atoms with Crippen molar-refractivity contribution >= 4 is 6.29 Å². The molecule has 0 atom stereocenters. The second-order valence-corrected chi connectivity index (χ2v) is 3.71. The van der Waals surface area contributed by atoms with E-state index in [4.69, 9.17) is 0 Å². The van der Waals surface area contributed by atoms with Gasteiger partial charge in [0.25, 0.3) is 0 Å². The first-order valence-electron chi connectivity index (χ1n) is 6.19. The van der Waals surface area contributed by atoms with Gasteiger partial charge in [0.1, 0.15) is 6.29 Å². The van der Waals surface area contributed by atoms with Crippen molar-refractivity contribution in [1.82, 2.24) is 4.90 Å². The first-order valence-corrected chi connectivity index (χ1v) is 6.19. The number of unbranched alkanes of at least 4 members (excludes halogenated alkanes) is 5. The summed E-state index contributed by atoms with van der Waals surface area (Å²) in [6, 6.07) is 0. The molecule has 0 spiro atoms. The lowest BCUT2D eigenvalue weighted by Crippen LogP contribution is -1.99. The van der Waals surface area contributed by atoms with Gasteiger partial charge >= 0.3 is 0 Å². The normalized spacial score (nSPS) is 8.47. The third-order valence-corrected chi connectivity index (χ3v) is 1.43. The van der Waals surface area contributed by atoms with Crippen LogP contribution in [0.5, 0.6) is 0 Å². The fourth-order valence-corrected chi connectivity index (χ4v) is 0.831. The first-order chi connectivity index (χ1) is 7.15. The summed E-state index contributed by atoms with van der Waals surface area (Å²) in [5.41, 5.74) is 0. The molecular formula is C13H31NO. The van der Waals surface area contributed by atoms with Crippen molar-refractivity contribution in [3.8, 4) is 0 Å². The highest BCUT2D eigenvalue weighted by Crippen LogP contribution is 2.02. The van der Waals surface area contributed by atoms with E-state index in [0.29, 0.717) is 0 Å². The zero-order chi connectivity index (χ0) is 12.5. The molecule has 0 unspecified atom stereocenters. The molecule has 0 N–H and O–H groups in total. The van der Waals surface area contributed by atoms with E-state index in [9.17, 15) is 4.79 Å². The average molecular weight is 217 g/mol. The van der Waals surface area contributed by atoms with Gasteiger partial charge in [-0.1, -0.05) is 46.5 Å². The molecular weight excluding hydrogens is 186 g/mol. The van der Waals surface area contributed by atoms with Crippen molar-refractivity contribution in [2.45, 2.75) is 59.3 Å². The summed E-state index contributed by atoms with van der Waals surface area (Å²) in [5, 5.41) is 0. The van der Waals surface area contributed by atoms with E-state index in [1.54, 1.807) is 0 Å². The molecule has 2 nitrogen and oxygen atoms in total. The number of aldehydes is 1. The van der Waals surface area contributed by atoms with Gasteiger partial charge in [0.2, 0.25) is 0 Å². The van der Waals surface area contributed by atoms with Gasteiger partial charge in [-0.15, -0.1) is 0 Å². The minimum absolute atomic E-state index is 0.754. The molecule has 0 heterocycles. The quantitative estimate of drug-likeness (QED) is 0.499. The number of carbonyl (C=O) groups excluding carboxylic acids is 1. The Bertz CT molecular complexity index is 89.8. The van der Waals surface area contributed by atoms with Gasteiger partial charge in [-0.25, -0.2) is 0 Å².